The van der Waals surface area contributed by atoms with Crippen LogP contribution >= 0.6 is 0 Å². The molecule has 0 spiro atoms. The third kappa shape index (κ3) is 1.77. The summed E-state index contributed by atoms with van der Waals surface area (Å²) in [6.45, 7) is 0.700. The van der Waals surface area contributed by atoms with Crippen LogP contribution in [0.4, 0.5) is 0 Å². The van der Waals surface area contributed by atoms with Crippen LogP contribution < -0.4 is 5.32 Å². The summed E-state index contributed by atoms with van der Waals surface area (Å²) in [5.41, 5.74) is 2.34. The zero-order chi connectivity index (χ0) is 11.5. The summed E-state index contributed by atoms with van der Waals surface area (Å²) in [4.78, 5) is 15.6. The van der Waals surface area contributed by atoms with Crippen molar-refractivity contribution in [3.05, 3.63) is 35.8 Å². The Hall–Kier alpha value is -1.88. The number of nitrogens with one attached hydrogen (secondary N) is 1. The highest BCUT2D eigenvalue weighted by Gasteiger charge is 2.08. The lowest BCUT2D eigenvalue weighted by Gasteiger charge is -2.03. The first kappa shape index (κ1) is 10.6. The SMILES string of the molecule is CNCc1cnc2ccc(C(=O)OC)cn12. The molecule has 0 saturated carbocycles. The molecule has 0 aliphatic rings. The second-order valence-corrected chi connectivity index (χ2v) is 3.42. The van der Waals surface area contributed by atoms with Gasteiger partial charge >= 0.3 is 5.97 Å². The highest BCUT2D eigenvalue weighted by Crippen LogP contribution is 2.09. The van der Waals surface area contributed by atoms with Crippen molar-refractivity contribution in [2.24, 2.45) is 0 Å². The third-order valence-corrected chi connectivity index (χ3v) is 2.36. The van der Waals surface area contributed by atoms with Crippen molar-refractivity contribution < 1.29 is 9.53 Å². The van der Waals surface area contributed by atoms with Gasteiger partial charge in [0.1, 0.15) is 5.65 Å². The predicted molar refractivity (Wildman–Crippen MR) is 59.3 cm³/mol. The smallest absolute Gasteiger partial charge is 0.339 e. The lowest BCUT2D eigenvalue weighted by molar-refractivity contribution is 0.0600. The van der Waals surface area contributed by atoms with Gasteiger partial charge in [-0.05, 0) is 19.2 Å². The molecule has 0 unspecified atom stereocenters. The first-order valence-corrected chi connectivity index (χ1v) is 4.95. The number of methoxy groups -OCH3 is 1. The number of fused-ring (bicyclic) bond motifs is 1. The van der Waals surface area contributed by atoms with Crippen molar-refractivity contribution in [1.29, 1.82) is 0 Å². The molecule has 0 aliphatic heterocycles. The van der Waals surface area contributed by atoms with Crippen molar-refractivity contribution in [3.8, 4) is 0 Å². The molecule has 0 bridgehead atoms. The van der Waals surface area contributed by atoms with Crippen LogP contribution in [0.5, 0.6) is 0 Å². The first-order chi connectivity index (χ1) is 7.76. The number of ether oxygens (including phenoxy) is 1. The van der Waals surface area contributed by atoms with Gasteiger partial charge in [-0.2, -0.15) is 0 Å². The van der Waals surface area contributed by atoms with E-state index < -0.39 is 0 Å². The van der Waals surface area contributed by atoms with Crippen LogP contribution in [-0.4, -0.2) is 29.5 Å². The minimum atomic E-state index is -0.342. The molecule has 0 aliphatic carbocycles. The summed E-state index contributed by atoms with van der Waals surface area (Å²) < 4.78 is 6.55. The van der Waals surface area contributed by atoms with E-state index >= 15 is 0 Å². The summed E-state index contributed by atoms with van der Waals surface area (Å²) in [6, 6.07) is 3.50. The molecule has 2 aromatic rings. The van der Waals surface area contributed by atoms with Crippen molar-refractivity contribution in [3.63, 3.8) is 0 Å². The van der Waals surface area contributed by atoms with E-state index in [0.29, 0.717) is 12.1 Å². The van der Waals surface area contributed by atoms with Gasteiger partial charge in [0.25, 0.3) is 0 Å². The molecule has 2 aromatic heterocycles. The molecular weight excluding hydrogens is 206 g/mol. The molecule has 0 radical (unpaired) electrons. The summed E-state index contributed by atoms with van der Waals surface area (Å²) in [7, 11) is 3.23. The number of hydrogen-bond donors (Lipinski definition) is 1. The van der Waals surface area contributed by atoms with Crippen molar-refractivity contribution in [2.75, 3.05) is 14.2 Å². The molecule has 2 heterocycles. The van der Waals surface area contributed by atoms with Crippen molar-refractivity contribution in [2.45, 2.75) is 6.54 Å². The van der Waals surface area contributed by atoms with E-state index in [4.69, 9.17) is 0 Å². The van der Waals surface area contributed by atoms with Crippen LogP contribution in [0.15, 0.2) is 24.5 Å². The Balaban J connectivity index is 2.49. The molecule has 0 saturated heterocycles. The van der Waals surface area contributed by atoms with E-state index in [9.17, 15) is 4.79 Å². The largest absolute Gasteiger partial charge is 0.465 e. The Morgan fingerprint density at radius 3 is 3.06 bits per heavy atom. The maximum atomic E-state index is 11.4. The van der Waals surface area contributed by atoms with Gasteiger partial charge in [-0.25, -0.2) is 9.78 Å². The molecule has 5 heteroatoms. The third-order valence-electron chi connectivity index (χ3n) is 2.36. The molecule has 5 nitrogen and oxygen atoms in total. The Bertz CT molecular complexity index is 519. The van der Waals surface area contributed by atoms with E-state index in [0.717, 1.165) is 11.3 Å². The molecular formula is C11H13N3O2. The van der Waals surface area contributed by atoms with Crippen LogP contribution in [0.2, 0.25) is 0 Å². The van der Waals surface area contributed by atoms with Crippen LogP contribution in [0, 0.1) is 0 Å². The van der Waals surface area contributed by atoms with Gasteiger partial charge in [-0.15, -0.1) is 0 Å². The second-order valence-electron chi connectivity index (χ2n) is 3.42. The fourth-order valence-electron chi connectivity index (χ4n) is 1.58. The number of hydrogen-bond acceptors (Lipinski definition) is 4. The quantitative estimate of drug-likeness (QED) is 0.777. The number of rotatable bonds is 3. The van der Waals surface area contributed by atoms with Gasteiger partial charge in [-0.1, -0.05) is 0 Å². The topological polar surface area (TPSA) is 55.6 Å². The minimum absolute atomic E-state index is 0.342. The van der Waals surface area contributed by atoms with E-state index in [-0.39, 0.29) is 5.97 Å². The number of pyridine rings is 1. The van der Waals surface area contributed by atoms with E-state index in [1.807, 2.05) is 11.4 Å². The predicted octanol–water partition coefficient (Wildman–Crippen LogP) is 0.840. The molecule has 16 heavy (non-hydrogen) atoms. The summed E-state index contributed by atoms with van der Waals surface area (Å²) in [5.74, 6) is -0.342. The number of carbonyl (C=O) groups excluding carboxylic acids is 1. The van der Waals surface area contributed by atoms with E-state index in [2.05, 4.69) is 15.0 Å². The molecule has 0 fully saturated rings. The Morgan fingerprint density at radius 2 is 2.38 bits per heavy atom. The minimum Gasteiger partial charge on any atom is -0.465 e. The van der Waals surface area contributed by atoms with Crippen LogP contribution in [-0.2, 0) is 11.3 Å². The van der Waals surface area contributed by atoms with Crippen LogP contribution in [0.25, 0.3) is 5.65 Å². The Morgan fingerprint density at radius 1 is 1.56 bits per heavy atom. The number of imidazole rings is 1. The fraction of sp³-hybridized carbons (Fsp3) is 0.273. The molecule has 84 valence electrons. The van der Waals surface area contributed by atoms with E-state index in [1.54, 1.807) is 24.5 Å². The van der Waals surface area contributed by atoms with E-state index in [1.165, 1.54) is 7.11 Å². The second kappa shape index (κ2) is 4.32. The van der Waals surface area contributed by atoms with Gasteiger partial charge in [0, 0.05) is 12.7 Å². The summed E-state index contributed by atoms with van der Waals surface area (Å²) in [6.07, 6.45) is 3.52. The number of esters is 1. The van der Waals surface area contributed by atoms with Crippen molar-refractivity contribution >= 4 is 11.6 Å². The fourth-order valence-corrected chi connectivity index (χ4v) is 1.58. The van der Waals surface area contributed by atoms with Gasteiger partial charge < -0.3 is 14.5 Å². The summed E-state index contributed by atoms with van der Waals surface area (Å²) in [5, 5.41) is 3.05. The average molecular weight is 219 g/mol. The van der Waals surface area contributed by atoms with Gasteiger partial charge in [0.2, 0.25) is 0 Å². The molecule has 0 amide bonds. The number of nitrogens with zero attached hydrogens (tertiary/aromatic N) is 2. The van der Waals surface area contributed by atoms with Gasteiger partial charge in [0.05, 0.1) is 24.6 Å². The zero-order valence-electron chi connectivity index (χ0n) is 9.23. The lowest BCUT2D eigenvalue weighted by Crippen LogP contribution is -2.09. The standard InChI is InChI=1S/C11H13N3O2/c1-12-5-9-6-13-10-4-3-8(7-14(9)10)11(15)16-2/h3-4,6-7,12H,5H2,1-2H3. The Labute approximate surface area is 93.1 Å². The van der Waals surface area contributed by atoms with Gasteiger partial charge in [0.15, 0.2) is 0 Å². The zero-order valence-corrected chi connectivity index (χ0v) is 9.23. The first-order valence-electron chi connectivity index (χ1n) is 4.95. The summed E-state index contributed by atoms with van der Waals surface area (Å²) >= 11 is 0. The monoisotopic (exact) mass is 219 g/mol. The van der Waals surface area contributed by atoms with Crippen LogP contribution in [0.1, 0.15) is 16.1 Å². The molecule has 1 N–H and O–H groups in total. The van der Waals surface area contributed by atoms with Gasteiger partial charge in [-0.3, -0.25) is 0 Å². The average Bonchev–Trinajstić information content (AvgIpc) is 2.71. The highest BCUT2D eigenvalue weighted by atomic mass is 16.5. The molecule has 2 rings (SSSR count). The normalized spacial score (nSPS) is 10.6. The number of aromatic nitrogens is 2. The maximum absolute atomic E-state index is 11.4. The Kier molecular flexibility index (Phi) is 2.87. The maximum Gasteiger partial charge on any atom is 0.339 e. The molecule has 0 atom stereocenters. The lowest BCUT2D eigenvalue weighted by atomic mass is 10.3. The highest BCUT2D eigenvalue weighted by molar-refractivity contribution is 5.89. The van der Waals surface area contributed by atoms with Crippen LogP contribution in [0.3, 0.4) is 0 Å². The number of carbonyl (C=O) groups is 1. The van der Waals surface area contributed by atoms with Crippen molar-refractivity contribution in [1.82, 2.24) is 14.7 Å². The molecule has 0 aromatic carbocycles.